The predicted molar refractivity (Wildman–Crippen MR) is 82.3 cm³/mol. The van der Waals surface area contributed by atoms with E-state index in [1.165, 1.54) is 6.08 Å². The summed E-state index contributed by atoms with van der Waals surface area (Å²) in [6.45, 7) is 1.82. The quantitative estimate of drug-likeness (QED) is 0.826. The predicted octanol–water partition coefficient (Wildman–Crippen LogP) is 2.12. The molecule has 0 saturated carbocycles. The van der Waals surface area contributed by atoms with E-state index in [-0.39, 0.29) is 12.5 Å². The Morgan fingerprint density at radius 1 is 1.29 bits per heavy atom. The van der Waals surface area contributed by atoms with Gasteiger partial charge in [0.1, 0.15) is 5.60 Å². The molecular weight excluding hydrogens is 264 g/mol. The van der Waals surface area contributed by atoms with Gasteiger partial charge in [0.25, 0.3) is 0 Å². The van der Waals surface area contributed by atoms with Gasteiger partial charge in [-0.2, -0.15) is 0 Å². The Morgan fingerprint density at radius 2 is 2.05 bits per heavy atom. The molecule has 1 atom stereocenters. The number of carbonyl (C=O) groups excluding carboxylic acids is 1. The van der Waals surface area contributed by atoms with Gasteiger partial charge in [0.2, 0.25) is 5.91 Å². The highest BCUT2D eigenvalue weighted by Crippen LogP contribution is 2.18. The lowest BCUT2D eigenvalue weighted by Crippen LogP contribution is -2.37. The Morgan fingerprint density at radius 3 is 2.71 bits per heavy atom. The molecule has 1 aromatic carbocycles. The van der Waals surface area contributed by atoms with Crippen LogP contribution in [-0.2, 0) is 10.4 Å². The largest absolute Gasteiger partial charge is 0.384 e. The minimum atomic E-state index is -1.10. The van der Waals surface area contributed by atoms with Gasteiger partial charge in [-0.05, 0) is 30.2 Å². The van der Waals surface area contributed by atoms with E-state index in [1.807, 2.05) is 36.4 Å². The van der Waals surface area contributed by atoms with Crippen LogP contribution in [0, 0.1) is 0 Å². The van der Waals surface area contributed by atoms with E-state index in [9.17, 15) is 9.90 Å². The average Bonchev–Trinajstić information content (AvgIpc) is 2.53. The van der Waals surface area contributed by atoms with Crippen LogP contribution in [0.3, 0.4) is 0 Å². The highest BCUT2D eigenvalue weighted by atomic mass is 16.3. The summed E-state index contributed by atoms with van der Waals surface area (Å²) in [4.78, 5) is 15.7. The summed E-state index contributed by atoms with van der Waals surface area (Å²) >= 11 is 0. The van der Waals surface area contributed by atoms with Gasteiger partial charge >= 0.3 is 0 Å². The Kier molecular flexibility index (Phi) is 4.85. The zero-order valence-corrected chi connectivity index (χ0v) is 11.9. The molecule has 108 valence electrons. The first-order valence-corrected chi connectivity index (χ1v) is 6.72. The third kappa shape index (κ3) is 4.54. The highest BCUT2D eigenvalue weighted by molar-refractivity contribution is 5.91. The molecule has 4 nitrogen and oxygen atoms in total. The molecule has 2 aromatic rings. The zero-order valence-electron chi connectivity index (χ0n) is 11.9. The van der Waals surface area contributed by atoms with E-state index in [4.69, 9.17) is 0 Å². The topological polar surface area (TPSA) is 62.2 Å². The molecule has 1 amide bonds. The van der Waals surface area contributed by atoms with Crippen molar-refractivity contribution >= 4 is 12.0 Å². The number of benzene rings is 1. The van der Waals surface area contributed by atoms with E-state index in [0.29, 0.717) is 0 Å². The van der Waals surface area contributed by atoms with Gasteiger partial charge in [-0.1, -0.05) is 36.4 Å². The standard InChI is InChI=1S/C17H18N2O2/c1-17(21,15-7-3-2-4-8-15)13-19-16(20)10-9-14-6-5-11-18-12-14/h2-12,21H,13H2,1H3,(H,19,20). The van der Waals surface area contributed by atoms with Crippen molar-refractivity contribution in [1.29, 1.82) is 0 Å². The second-order valence-corrected chi connectivity index (χ2v) is 4.98. The van der Waals surface area contributed by atoms with Crippen LogP contribution in [0.4, 0.5) is 0 Å². The average molecular weight is 282 g/mol. The molecule has 0 saturated heterocycles. The van der Waals surface area contributed by atoms with Gasteiger partial charge in [-0.15, -0.1) is 0 Å². The van der Waals surface area contributed by atoms with Crippen molar-refractivity contribution in [3.63, 3.8) is 0 Å². The third-order valence-corrected chi connectivity index (χ3v) is 3.11. The van der Waals surface area contributed by atoms with Gasteiger partial charge in [0, 0.05) is 18.5 Å². The summed E-state index contributed by atoms with van der Waals surface area (Å²) in [6, 6.07) is 12.9. The van der Waals surface area contributed by atoms with Crippen LogP contribution in [0.25, 0.3) is 6.08 Å². The number of amides is 1. The lowest BCUT2D eigenvalue weighted by molar-refractivity contribution is -0.117. The van der Waals surface area contributed by atoms with Crippen LogP contribution in [0.2, 0.25) is 0 Å². The number of rotatable bonds is 5. The van der Waals surface area contributed by atoms with Crippen molar-refractivity contribution in [3.05, 3.63) is 72.1 Å². The molecule has 0 aliphatic heterocycles. The highest BCUT2D eigenvalue weighted by Gasteiger charge is 2.22. The molecule has 2 rings (SSSR count). The van der Waals surface area contributed by atoms with Crippen molar-refractivity contribution in [1.82, 2.24) is 10.3 Å². The Balaban J connectivity index is 1.91. The van der Waals surface area contributed by atoms with E-state index in [0.717, 1.165) is 11.1 Å². The second kappa shape index (κ2) is 6.81. The molecule has 1 unspecified atom stereocenters. The summed E-state index contributed by atoms with van der Waals surface area (Å²) in [5.74, 6) is -0.255. The maximum Gasteiger partial charge on any atom is 0.244 e. The van der Waals surface area contributed by atoms with Gasteiger partial charge < -0.3 is 10.4 Å². The molecule has 0 aliphatic rings. The number of nitrogens with one attached hydrogen (secondary N) is 1. The molecule has 21 heavy (non-hydrogen) atoms. The molecular formula is C17H18N2O2. The van der Waals surface area contributed by atoms with Crippen LogP contribution in [-0.4, -0.2) is 22.5 Å². The van der Waals surface area contributed by atoms with Gasteiger partial charge in [-0.3, -0.25) is 9.78 Å². The monoisotopic (exact) mass is 282 g/mol. The molecule has 0 bridgehead atoms. The van der Waals surface area contributed by atoms with Gasteiger partial charge in [0.05, 0.1) is 6.54 Å². The van der Waals surface area contributed by atoms with Gasteiger partial charge in [-0.25, -0.2) is 0 Å². The number of aromatic nitrogens is 1. The molecule has 2 N–H and O–H groups in total. The summed E-state index contributed by atoms with van der Waals surface area (Å²) in [5.41, 5.74) is 0.517. The minimum absolute atomic E-state index is 0.146. The normalized spacial score (nSPS) is 13.8. The minimum Gasteiger partial charge on any atom is -0.384 e. The molecule has 4 heteroatoms. The fourth-order valence-corrected chi connectivity index (χ4v) is 1.86. The summed E-state index contributed by atoms with van der Waals surface area (Å²) in [7, 11) is 0. The van der Waals surface area contributed by atoms with Crippen LogP contribution in [0.1, 0.15) is 18.1 Å². The second-order valence-electron chi connectivity index (χ2n) is 4.98. The Hall–Kier alpha value is -2.46. The molecule has 0 aliphatic carbocycles. The van der Waals surface area contributed by atoms with Crippen LogP contribution >= 0.6 is 0 Å². The molecule has 0 radical (unpaired) electrons. The smallest absolute Gasteiger partial charge is 0.244 e. The van der Waals surface area contributed by atoms with Crippen molar-refractivity contribution in [2.75, 3.05) is 6.54 Å². The van der Waals surface area contributed by atoms with Crippen molar-refractivity contribution < 1.29 is 9.90 Å². The van der Waals surface area contributed by atoms with E-state index in [1.54, 1.807) is 31.5 Å². The first-order valence-electron chi connectivity index (χ1n) is 6.72. The lowest BCUT2D eigenvalue weighted by atomic mass is 9.96. The number of hydrogen-bond donors (Lipinski definition) is 2. The van der Waals surface area contributed by atoms with Crippen molar-refractivity contribution in [2.45, 2.75) is 12.5 Å². The number of carbonyl (C=O) groups is 1. The SMILES string of the molecule is CC(O)(CNC(=O)C=Cc1cccnc1)c1ccccc1. The van der Waals surface area contributed by atoms with Crippen molar-refractivity contribution in [3.8, 4) is 0 Å². The number of nitrogens with zero attached hydrogens (tertiary/aromatic N) is 1. The zero-order chi connectivity index (χ0) is 15.1. The molecule has 0 fully saturated rings. The Labute approximate surface area is 124 Å². The molecule has 0 spiro atoms. The van der Waals surface area contributed by atoms with Crippen LogP contribution < -0.4 is 5.32 Å². The summed E-state index contributed by atoms with van der Waals surface area (Å²) in [6.07, 6.45) is 6.45. The maximum absolute atomic E-state index is 11.8. The third-order valence-electron chi connectivity index (χ3n) is 3.11. The Bertz CT molecular complexity index is 607. The number of aliphatic hydroxyl groups is 1. The van der Waals surface area contributed by atoms with Crippen LogP contribution in [0.5, 0.6) is 0 Å². The summed E-state index contributed by atoms with van der Waals surface area (Å²) in [5, 5.41) is 13.1. The van der Waals surface area contributed by atoms with Gasteiger partial charge in [0.15, 0.2) is 0 Å². The molecule has 1 aromatic heterocycles. The van der Waals surface area contributed by atoms with E-state index in [2.05, 4.69) is 10.3 Å². The maximum atomic E-state index is 11.8. The number of hydrogen-bond acceptors (Lipinski definition) is 3. The van der Waals surface area contributed by atoms with Crippen molar-refractivity contribution in [2.24, 2.45) is 0 Å². The van der Waals surface area contributed by atoms with E-state index >= 15 is 0 Å². The fraction of sp³-hybridized carbons (Fsp3) is 0.176. The molecule has 1 heterocycles. The lowest BCUT2D eigenvalue weighted by Gasteiger charge is -2.23. The fourth-order valence-electron chi connectivity index (χ4n) is 1.86. The van der Waals surface area contributed by atoms with Crippen LogP contribution in [0.15, 0.2) is 60.9 Å². The first-order chi connectivity index (χ1) is 10.1. The summed E-state index contributed by atoms with van der Waals surface area (Å²) < 4.78 is 0. The first kappa shape index (κ1) is 14.9. The van der Waals surface area contributed by atoms with E-state index < -0.39 is 5.60 Å². The number of pyridine rings is 1.